The van der Waals surface area contributed by atoms with Crippen LogP contribution in [0.15, 0.2) is 77.3 Å². The lowest BCUT2D eigenvalue weighted by molar-refractivity contribution is 0.102. The van der Waals surface area contributed by atoms with Crippen molar-refractivity contribution in [3.63, 3.8) is 0 Å². The Hall–Kier alpha value is -2.79. The molecular weight excluding hydrogens is 416 g/mol. The van der Waals surface area contributed by atoms with Crippen molar-refractivity contribution in [3.05, 3.63) is 82.8 Å². The summed E-state index contributed by atoms with van der Waals surface area (Å²) in [7, 11) is 0. The molecule has 0 fully saturated rings. The van der Waals surface area contributed by atoms with E-state index in [4.69, 9.17) is 4.74 Å². The van der Waals surface area contributed by atoms with Crippen LogP contribution in [0.2, 0.25) is 0 Å². The maximum absolute atomic E-state index is 12.5. The van der Waals surface area contributed by atoms with Crippen LogP contribution in [0.4, 0.5) is 17.1 Å². The predicted molar refractivity (Wildman–Crippen MR) is 119 cm³/mol. The van der Waals surface area contributed by atoms with Crippen LogP contribution >= 0.6 is 15.9 Å². The number of halogens is 1. The molecule has 4 nitrogen and oxygen atoms in total. The number of nitrogens with one attached hydrogen (secondary N) is 2. The molecule has 0 unspecified atom stereocenters. The van der Waals surface area contributed by atoms with Crippen LogP contribution in [0, 0.1) is 0 Å². The van der Waals surface area contributed by atoms with Gasteiger partial charge >= 0.3 is 0 Å². The van der Waals surface area contributed by atoms with Gasteiger partial charge in [0.1, 0.15) is 5.75 Å². The molecule has 2 N–H and O–H groups in total. The van der Waals surface area contributed by atoms with E-state index in [2.05, 4.69) is 33.5 Å². The SMILES string of the molecule is CCCCOc1ccc(C(=O)Nc2ccc(Nc3ccccc3)cc2)cc1Br. The zero-order valence-electron chi connectivity index (χ0n) is 15.7. The van der Waals surface area contributed by atoms with Crippen molar-refractivity contribution in [2.45, 2.75) is 19.8 Å². The van der Waals surface area contributed by atoms with Gasteiger partial charge in [-0.05, 0) is 76.9 Å². The number of hydrogen-bond donors (Lipinski definition) is 2. The molecule has 5 heteroatoms. The standard InChI is InChI=1S/C23H23BrN2O2/c1-2-3-15-28-22-14-9-17(16-21(22)24)23(27)26-20-12-10-19(11-13-20)25-18-7-5-4-6-8-18/h4-14,16,25H,2-3,15H2,1H3,(H,26,27). The number of hydrogen-bond acceptors (Lipinski definition) is 3. The summed E-state index contributed by atoms with van der Waals surface area (Å²) in [5.74, 6) is 0.589. The van der Waals surface area contributed by atoms with E-state index in [9.17, 15) is 4.79 Å². The van der Waals surface area contributed by atoms with Gasteiger partial charge in [-0.3, -0.25) is 4.79 Å². The normalized spacial score (nSPS) is 10.4. The molecule has 0 aromatic heterocycles. The number of benzene rings is 3. The Morgan fingerprint density at radius 3 is 2.29 bits per heavy atom. The maximum Gasteiger partial charge on any atom is 0.255 e. The minimum atomic E-state index is -0.162. The van der Waals surface area contributed by atoms with Crippen LogP contribution in [0.5, 0.6) is 5.75 Å². The Kier molecular flexibility index (Phi) is 7.09. The Labute approximate surface area is 174 Å². The van der Waals surface area contributed by atoms with Crippen LogP contribution in [-0.2, 0) is 0 Å². The summed E-state index contributed by atoms with van der Waals surface area (Å²) in [6, 6.07) is 22.9. The number of rotatable bonds is 8. The van der Waals surface area contributed by atoms with Gasteiger partial charge in [0.05, 0.1) is 11.1 Å². The number of para-hydroxylation sites is 1. The van der Waals surface area contributed by atoms with E-state index in [1.54, 1.807) is 12.1 Å². The second-order valence-electron chi connectivity index (χ2n) is 6.37. The van der Waals surface area contributed by atoms with E-state index >= 15 is 0 Å². The van der Waals surface area contributed by atoms with Gasteiger partial charge in [-0.25, -0.2) is 0 Å². The molecule has 0 radical (unpaired) electrons. The van der Waals surface area contributed by atoms with Crippen LogP contribution in [-0.4, -0.2) is 12.5 Å². The van der Waals surface area contributed by atoms with Crippen molar-refractivity contribution in [2.24, 2.45) is 0 Å². The molecule has 0 bridgehead atoms. The van der Waals surface area contributed by atoms with Crippen molar-refractivity contribution in [2.75, 3.05) is 17.2 Å². The van der Waals surface area contributed by atoms with Crippen molar-refractivity contribution in [1.29, 1.82) is 0 Å². The summed E-state index contributed by atoms with van der Waals surface area (Å²) < 4.78 is 6.48. The van der Waals surface area contributed by atoms with Gasteiger partial charge in [-0.15, -0.1) is 0 Å². The van der Waals surface area contributed by atoms with Gasteiger partial charge in [-0.1, -0.05) is 31.5 Å². The summed E-state index contributed by atoms with van der Waals surface area (Å²) in [5.41, 5.74) is 3.29. The van der Waals surface area contributed by atoms with Crippen LogP contribution in [0.3, 0.4) is 0 Å². The molecule has 0 aliphatic rings. The summed E-state index contributed by atoms with van der Waals surface area (Å²) in [6.45, 7) is 2.79. The molecule has 0 atom stereocenters. The van der Waals surface area contributed by atoms with E-state index in [1.165, 1.54) is 0 Å². The lowest BCUT2D eigenvalue weighted by Crippen LogP contribution is -2.12. The zero-order chi connectivity index (χ0) is 19.8. The summed E-state index contributed by atoms with van der Waals surface area (Å²) in [4.78, 5) is 12.5. The van der Waals surface area contributed by atoms with Crippen LogP contribution in [0.25, 0.3) is 0 Å². The minimum absolute atomic E-state index is 0.162. The van der Waals surface area contributed by atoms with Gasteiger partial charge < -0.3 is 15.4 Å². The molecule has 3 rings (SSSR count). The third-order valence-corrected chi connectivity index (χ3v) is 4.77. The molecule has 0 heterocycles. The van der Waals surface area contributed by atoms with Gasteiger partial charge in [-0.2, -0.15) is 0 Å². The third-order valence-electron chi connectivity index (χ3n) is 4.15. The first-order valence-corrected chi connectivity index (χ1v) is 10.1. The monoisotopic (exact) mass is 438 g/mol. The highest BCUT2D eigenvalue weighted by molar-refractivity contribution is 9.10. The van der Waals surface area contributed by atoms with Crippen LogP contribution < -0.4 is 15.4 Å². The minimum Gasteiger partial charge on any atom is -0.492 e. The molecule has 1 amide bonds. The molecule has 0 aliphatic carbocycles. The molecule has 3 aromatic carbocycles. The molecule has 144 valence electrons. The number of amides is 1. The number of anilines is 3. The Morgan fingerprint density at radius 2 is 1.61 bits per heavy atom. The highest BCUT2D eigenvalue weighted by Gasteiger charge is 2.10. The quantitative estimate of drug-likeness (QED) is 0.388. The lowest BCUT2D eigenvalue weighted by atomic mass is 10.2. The fraction of sp³-hybridized carbons (Fsp3) is 0.174. The van der Waals surface area contributed by atoms with Gasteiger partial charge in [0.25, 0.3) is 5.91 Å². The number of carbonyl (C=O) groups excluding carboxylic acids is 1. The molecular formula is C23H23BrN2O2. The first kappa shape index (κ1) is 20.0. The largest absolute Gasteiger partial charge is 0.492 e. The van der Waals surface area contributed by atoms with Gasteiger partial charge in [0, 0.05) is 22.6 Å². The van der Waals surface area contributed by atoms with Gasteiger partial charge in [0.15, 0.2) is 0 Å². The molecule has 0 aliphatic heterocycles. The first-order chi connectivity index (χ1) is 13.7. The van der Waals surface area contributed by atoms with E-state index in [0.29, 0.717) is 12.2 Å². The average Bonchev–Trinajstić information content (AvgIpc) is 2.71. The zero-order valence-corrected chi connectivity index (χ0v) is 17.3. The highest BCUT2D eigenvalue weighted by Crippen LogP contribution is 2.27. The number of carbonyl (C=O) groups is 1. The van der Waals surface area contributed by atoms with E-state index in [-0.39, 0.29) is 5.91 Å². The topological polar surface area (TPSA) is 50.4 Å². The fourth-order valence-corrected chi connectivity index (χ4v) is 3.11. The summed E-state index contributed by atoms with van der Waals surface area (Å²) in [5, 5.41) is 6.24. The van der Waals surface area contributed by atoms with Crippen molar-refractivity contribution in [3.8, 4) is 5.75 Å². The van der Waals surface area contributed by atoms with Crippen molar-refractivity contribution in [1.82, 2.24) is 0 Å². The first-order valence-electron chi connectivity index (χ1n) is 9.31. The van der Waals surface area contributed by atoms with Crippen molar-refractivity contribution >= 4 is 38.9 Å². The van der Waals surface area contributed by atoms with E-state index in [1.807, 2.05) is 60.7 Å². The van der Waals surface area contributed by atoms with Gasteiger partial charge in [0.2, 0.25) is 0 Å². The smallest absolute Gasteiger partial charge is 0.255 e. The number of unbranched alkanes of at least 4 members (excludes halogenated alkanes) is 1. The summed E-state index contributed by atoms with van der Waals surface area (Å²) in [6.07, 6.45) is 2.08. The Balaban J connectivity index is 1.60. The Bertz CT molecular complexity index is 912. The van der Waals surface area contributed by atoms with Crippen molar-refractivity contribution < 1.29 is 9.53 Å². The molecule has 0 saturated carbocycles. The average molecular weight is 439 g/mol. The lowest BCUT2D eigenvalue weighted by Gasteiger charge is -2.11. The highest BCUT2D eigenvalue weighted by atomic mass is 79.9. The van der Waals surface area contributed by atoms with Crippen LogP contribution in [0.1, 0.15) is 30.1 Å². The second kappa shape index (κ2) is 9.95. The summed E-state index contributed by atoms with van der Waals surface area (Å²) >= 11 is 3.48. The third kappa shape index (κ3) is 5.60. The maximum atomic E-state index is 12.5. The predicted octanol–water partition coefficient (Wildman–Crippen LogP) is 6.62. The molecule has 0 saturated heterocycles. The molecule has 0 spiro atoms. The molecule has 28 heavy (non-hydrogen) atoms. The van der Waals surface area contributed by atoms with E-state index in [0.717, 1.165) is 40.1 Å². The fourth-order valence-electron chi connectivity index (χ4n) is 2.61. The Morgan fingerprint density at radius 1 is 0.929 bits per heavy atom. The second-order valence-corrected chi connectivity index (χ2v) is 7.22. The number of ether oxygens (including phenoxy) is 1. The van der Waals surface area contributed by atoms with E-state index < -0.39 is 0 Å². The molecule has 3 aromatic rings.